The maximum absolute atomic E-state index is 13.5. The van der Waals surface area contributed by atoms with Crippen molar-refractivity contribution in [3.8, 4) is 6.07 Å². The van der Waals surface area contributed by atoms with E-state index in [0.29, 0.717) is 48.9 Å². The van der Waals surface area contributed by atoms with Gasteiger partial charge >= 0.3 is 6.18 Å². The number of pyridine rings is 1. The molecule has 0 bridgehead atoms. The summed E-state index contributed by atoms with van der Waals surface area (Å²) < 4.78 is 40.6. The smallest absolute Gasteiger partial charge is 0.355 e. The van der Waals surface area contributed by atoms with Crippen LogP contribution in [0.25, 0.3) is 0 Å². The van der Waals surface area contributed by atoms with E-state index in [1.165, 1.54) is 12.3 Å². The number of nitriles is 1. The number of aromatic nitrogens is 3. The molecule has 2 aromatic heterocycles. The zero-order chi connectivity index (χ0) is 23.6. The molecule has 0 amide bonds. The number of halogens is 3. The Morgan fingerprint density at radius 2 is 1.91 bits per heavy atom. The molecule has 0 spiro atoms. The van der Waals surface area contributed by atoms with Crippen molar-refractivity contribution >= 4 is 23.3 Å². The number of rotatable bonds is 4. The first-order valence-corrected chi connectivity index (χ1v) is 10.2. The number of hydrogen-bond acceptors (Lipinski definition) is 7. The largest absolute Gasteiger partial charge is 0.419 e. The Kier molecular flexibility index (Phi) is 5.93. The fourth-order valence-corrected chi connectivity index (χ4v) is 3.62. The lowest BCUT2D eigenvalue weighted by atomic mass is 10.1. The lowest BCUT2D eigenvalue weighted by molar-refractivity contribution is -0.137. The first-order valence-electron chi connectivity index (χ1n) is 10.2. The van der Waals surface area contributed by atoms with E-state index < -0.39 is 11.7 Å². The summed E-state index contributed by atoms with van der Waals surface area (Å²) in [5.41, 5.74) is 1.77. The van der Waals surface area contributed by atoms with Gasteiger partial charge in [0.1, 0.15) is 23.3 Å². The molecule has 1 N–H and O–H groups in total. The highest BCUT2D eigenvalue weighted by molar-refractivity contribution is 5.62. The number of nitrogens with zero attached hydrogens (tertiary/aromatic N) is 6. The predicted octanol–water partition coefficient (Wildman–Crippen LogP) is 3.78. The van der Waals surface area contributed by atoms with Gasteiger partial charge < -0.3 is 15.1 Å². The van der Waals surface area contributed by atoms with E-state index >= 15 is 0 Å². The molecule has 0 unspecified atom stereocenters. The lowest BCUT2D eigenvalue weighted by Gasteiger charge is -2.24. The Bertz CT molecular complexity index is 1180. The summed E-state index contributed by atoms with van der Waals surface area (Å²) in [6.45, 7) is 0.669. The van der Waals surface area contributed by atoms with E-state index in [9.17, 15) is 13.2 Å². The summed E-state index contributed by atoms with van der Waals surface area (Å²) in [4.78, 5) is 16.7. The third-order valence-electron chi connectivity index (χ3n) is 5.24. The number of alkyl halides is 3. The standard InChI is InChI=1S/C23H20F3N7/c1-32(2)22-30-19-10-13-33(21-18(23(24,25)26)4-3-11-28-21)12-9-17(19)20(31-22)29-16-7-5-15(14-27)6-8-16/h3-5,7,11H,9-10,12-13H2,1-2H3,(H,29,30,31). The highest BCUT2D eigenvalue weighted by Crippen LogP contribution is 2.36. The molecule has 1 aliphatic rings. The summed E-state index contributed by atoms with van der Waals surface area (Å²) in [5, 5.41) is 12.2. The van der Waals surface area contributed by atoms with Gasteiger partial charge in [-0.05, 0) is 42.8 Å². The quantitative estimate of drug-likeness (QED) is 0.647. The van der Waals surface area contributed by atoms with E-state index in [-0.39, 0.29) is 5.82 Å². The van der Waals surface area contributed by atoms with Crippen molar-refractivity contribution in [1.82, 2.24) is 15.0 Å². The average Bonchev–Trinajstić information content (AvgIpc) is 3.02. The van der Waals surface area contributed by atoms with Crippen LogP contribution in [0.4, 0.5) is 36.4 Å². The Morgan fingerprint density at radius 3 is 2.58 bits per heavy atom. The molecule has 168 valence electrons. The Morgan fingerprint density at radius 1 is 1.12 bits per heavy atom. The zero-order valence-electron chi connectivity index (χ0n) is 18.0. The minimum absolute atomic E-state index is 0.0804. The molecule has 0 radical (unpaired) electrons. The SMILES string of the molecule is CN(C)c1nc2c(c(Nc3c#cc(C#N)cc3)n1)CCN(c1ncccc1C(F)(F)F)CC2. The van der Waals surface area contributed by atoms with Crippen LogP contribution in [0, 0.1) is 23.5 Å². The molecule has 3 aromatic rings. The van der Waals surface area contributed by atoms with Gasteiger partial charge in [-0.3, -0.25) is 0 Å². The van der Waals surface area contributed by atoms with Crippen LogP contribution in [-0.2, 0) is 19.0 Å². The van der Waals surface area contributed by atoms with Crippen molar-refractivity contribution in [3.63, 3.8) is 0 Å². The van der Waals surface area contributed by atoms with Gasteiger partial charge in [0.15, 0.2) is 0 Å². The summed E-state index contributed by atoms with van der Waals surface area (Å²) >= 11 is 0. The van der Waals surface area contributed by atoms with Crippen molar-refractivity contribution < 1.29 is 13.2 Å². The minimum Gasteiger partial charge on any atom is -0.355 e. The van der Waals surface area contributed by atoms with Crippen LogP contribution < -0.4 is 15.1 Å². The zero-order valence-corrected chi connectivity index (χ0v) is 18.0. The van der Waals surface area contributed by atoms with E-state index in [0.717, 1.165) is 17.3 Å². The normalized spacial score (nSPS) is 13.4. The Balaban J connectivity index is 1.68. The van der Waals surface area contributed by atoms with Gasteiger partial charge in [-0.1, -0.05) is 0 Å². The minimum atomic E-state index is -4.49. The second-order valence-electron chi connectivity index (χ2n) is 7.70. The molecule has 0 fully saturated rings. The molecule has 0 atom stereocenters. The molecule has 3 heterocycles. The predicted molar refractivity (Wildman–Crippen MR) is 117 cm³/mol. The van der Waals surface area contributed by atoms with Crippen molar-refractivity contribution in [1.29, 1.82) is 5.26 Å². The molecule has 10 heteroatoms. The molecule has 33 heavy (non-hydrogen) atoms. The maximum Gasteiger partial charge on any atom is 0.419 e. The number of nitrogens with one attached hydrogen (secondary N) is 1. The van der Waals surface area contributed by atoms with Crippen LogP contribution in [0.15, 0.2) is 30.5 Å². The maximum atomic E-state index is 13.5. The summed E-state index contributed by atoms with van der Waals surface area (Å²) in [6.07, 6.45) is -2.25. The van der Waals surface area contributed by atoms with Crippen LogP contribution in [0.2, 0.25) is 0 Å². The molecular formula is C23H20F3N7. The second-order valence-corrected chi connectivity index (χ2v) is 7.70. The van der Waals surface area contributed by atoms with E-state index in [2.05, 4.69) is 32.4 Å². The fourth-order valence-electron chi connectivity index (χ4n) is 3.62. The van der Waals surface area contributed by atoms with Crippen LogP contribution >= 0.6 is 0 Å². The summed E-state index contributed by atoms with van der Waals surface area (Å²) in [5.74, 6) is 0.955. The van der Waals surface area contributed by atoms with Crippen LogP contribution in [-0.4, -0.2) is 42.1 Å². The molecule has 0 aliphatic carbocycles. The van der Waals surface area contributed by atoms with Crippen molar-refractivity contribution in [2.75, 3.05) is 42.3 Å². The highest BCUT2D eigenvalue weighted by atomic mass is 19.4. The molecule has 0 saturated carbocycles. The topological polar surface area (TPSA) is 81.0 Å². The third kappa shape index (κ3) is 4.75. The van der Waals surface area contributed by atoms with Gasteiger partial charge in [0, 0.05) is 45.4 Å². The van der Waals surface area contributed by atoms with E-state index in [4.69, 9.17) is 5.26 Å². The number of anilines is 4. The molecule has 1 aromatic carbocycles. The Hall–Kier alpha value is -4.05. The molecular weight excluding hydrogens is 431 g/mol. The second kappa shape index (κ2) is 8.83. The summed E-state index contributed by atoms with van der Waals surface area (Å²) in [7, 11) is 3.64. The fraction of sp³-hybridized carbons (Fsp3) is 0.304. The van der Waals surface area contributed by atoms with Gasteiger partial charge in [-0.2, -0.15) is 23.4 Å². The first-order chi connectivity index (χ1) is 15.8. The van der Waals surface area contributed by atoms with Crippen molar-refractivity contribution in [2.45, 2.75) is 19.0 Å². The van der Waals surface area contributed by atoms with Gasteiger partial charge in [0.2, 0.25) is 5.95 Å². The number of hydrogen-bond donors (Lipinski definition) is 1. The molecule has 0 saturated heterocycles. The van der Waals surface area contributed by atoms with Crippen LogP contribution in [0.1, 0.15) is 22.4 Å². The summed E-state index contributed by atoms with van der Waals surface area (Å²) in [6, 6.07) is 13.3. The molecule has 1 aliphatic heterocycles. The average molecular weight is 451 g/mol. The Labute approximate surface area is 189 Å². The van der Waals surface area contributed by atoms with Gasteiger partial charge in [-0.15, -0.1) is 0 Å². The lowest BCUT2D eigenvalue weighted by Crippen LogP contribution is -2.29. The van der Waals surface area contributed by atoms with Gasteiger partial charge in [0.05, 0.1) is 16.9 Å². The van der Waals surface area contributed by atoms with E-state index in [1.807, 2.05) is 20.2 Å². The van der Waals surface area contributed by atoms with Crippen molar-refractivity contribution in [2.24, 2.45) is 0 Å². The highest BCUT2D eigenvalue weighted by Gasteiger charge is 2.36. The van der Waals surface area contributed by atoms with E-state index in [1.54, 1.807) is 21.9 Å². The van der Waals surface area contributed by atoms with Gasteiger partial charge in [0.25, 0.3) is 0 Å². The van der Waals surface area contributed by atoms with Crippen LogP contribution in [0.5, 0.6) is 0 Å². The molecule has 7 nitrogen and oxygen atoms in total. The van der Waals surface area contributed by atoms with Crippen molar-refractivity contribution in [3.05, 3.63) is 65.0 Å². The van der Waals surface area contributed by atoms with Gasteiger partial charge in [-0.25, -0.2) is 9.97 Å². The molecule has 4 rings (SSSR count). The van der Waals surface area contributed by atoms with Crippen LogP contribution in [0.3, 0.4) is 0 Å². The number of fused-ring (bicyclic) bond motifs is 1. The monoisotopic (exact) mass is 451 g/mol. The first kappa shape index (κ1) is 22.2. The third-order valence-corrected chi connectivity index (χ3v) is 5.24.